The minimum atomic E-state index is -3.54. The van der Waals surface area contributed by atoms with Gasteiger partial charge in [-0.2, -0.15) is 0 Å². The van der Waals surface area contributed by atoms with Gasteiger partial charge in [-0.3, -0.25) is 14.0 Å². The van der Waals surface area contributed by atoms with Crippen molar-refractivity contribution >= 4 is 65.8 Å². The fourth-order valence-corrected chi connectivity index (χ4v) is 4.55. The monoisotopic (exact) mass is 374 g/mol. The second-order valence-electron chi connectivity index (χ2n) is 5.03. The minimum Gasteiger partial charge on any atom is -0.465 e. The Morgan fingerprint density at radius 3 is 2.48 bits per heavy atom. The molecule has 0 aliphatic carbocycles. The van der Waals surface area contributed by atoms with Crippen molar-refractivity contribution in [1.29, 1.82) is 0 Å². The van der Waals surface area contributed by atoms with Gasteiger partial charge in [0.05, 0.1) is 29.1 Å². The van der Waals surface area contributed by atoms with Crippen LogP contribution < -0.4 is 9.21 Å². The van der Waals surface area contributed by atoms with Crippen LogP contribution >= 0.6 is 22.9 Å². The van der Waals surface area contributed by atoms with E-state index in [1.165, 1.54) is 4.31 Å². The Hall–Kier alpha value is -1.84. The Bertz CT molecular complexity index is 937. The van der Waals surface area contributed by atoms with Crippen molar-refractivity contribution in [1.82, 2.24) is 0 Å². The summed E-state index contributed by atoms with van der Waals surface area (Å²) in [6.45, 7) is 0.0721. The molecular formula is C13H11ClN2O5S2. The summed E-state index contributed by atoms with van der Waals surface area (Å²) < 4.78 is 25.8. The number of rotatable bonds is 2. The molecular weight excluding hydrogens is 364 g/mol. The Labute approximate surface area is 140 Å². The van der Waals surface area contributed by atoms with Crippen molar-refractivity contribution in [2.45, 2.75) is 0 Å². The first-order valence-corrected chi connectivity index (χ1v) is 9.48. The SMILES string of the molecule is CS(=O)(=O)N1CCN(C(=O)O)c2cc3sc(C(=O)Cl)cc3cc21. The summed E-state index contributed by atoms with van der Waals surface area (Å²) in [6, 6.07) is 4.71. The minimum absolute atomic E-state index is 0.0353. The van der Waals surface area contributed by atoms with Crippen LogP contribution in [0.25, 0.3) is 10.1 Å². The van der Waals surface area contributed by atoms with E-state index in [-0.39, 0.29) is 24.5 Å². The third-order valence-corrected chi connectivity index (χ3v) is 6.12. The average Bonchev–Trinajstić information content (AvgIpc) is 2.85. The molecule has 7 nitrogen and oxygen atoms in total. The summed E-state index contributed by atoms with van der Waals surface area (Å²) in [5.41, 5.74) is 0.553. The molecule has 1 aromatic heterocycles. The maximum Gasteiger partial charge on any atom is 0.411 e. The van der Waals surface area contributed by atoms with E-state index in [1.807, 2.05) is 0 Å². The van der Waals surface area contributed by atoms with Gasteiger partial charge in [0.2, 0.25) is 10.0 Å². The summed E-state index contributed by atoms with van der Waals surface area (Å²) in [6.07, 6.45) is -0.0948. The van der Waals surface area contributed by atoms with E-state index >= 15 is 0 Å². The molecule has 2 heterocycles. The smallest absolute Gasteiger partial charge is 0.411 e. The van der Waals surface area contributed by atoms with Crippen molar-refractivity contribution in [2.24, 2.45) is 0 Å². The van der Waals surface area contributed by atoms with Gasteiger partial charge in [-0.05, 0) is 35.2 Å². The quantitative estimate of drug-likeness (QED) is 0.815. The number of carbonyl (C=O) groups excluding carboxylic acids is 1. The molecule has 0 bridgehead atoms. The summed E-state index contributed by atoms with van der Waals surface area (Å²) >= 11 is 6.61. The zero-order chi connectivity index (χ0) is 16.9. The molecule has 0 spiro atoms. The van der Waals surface area contributed by atoms with E-state index in [1.54, 1.807) is 18.2 Å². The lowest BCUT2D eigenvalue weighted by Gasteiger charge is -2.34. The lowest BCUT2D eigenvalue weighted by atomic mass is 10.1. The molecule has 0 saturated carbocycles. The topological polar surface area (TPSA) is 95.0 Å². The number of halogens is 1. The van der Waals surface area contributed by atoms with Crippen LogP contribution in [0.1, 0.15) is 9.67 Å². The maximum atomic E-state index is 12.0. The highest BCUT2D eigenvalue weighted by molar-refractivity contribution is 7.92. The highest BCUT2D eigenvalue weighted by Gasteiger charge is 2.31. The number of hydrogen-bond acceptors (Lipinski definition) is 5. The van der Waals surface area contributed by atoms with E-state index < -0.39 is 21.4 Å². The largest absolute Gasteiger partial charge is 0.465 e. The van der Waals surface area contributed by atoms with Crippen LogP contribution in [0.4, 0.5) is 16.2 Å². The van der Waals surface area contributed by atoms with Gasteiger partial charge in [-0.25, -0.2) is 13.2 Å². The van der Waals surface area contributed by atoms with Gasteiger partial charge < -0.3 is 5.11 Å². The molecule has 0 unspecified atom stereocenters. The van der Waals surface area contributed by atoms with Crippen molar-refractivity contribution < 1.29 is 23.1 Å². The summed E-state index contributed by atoms with van der Waals surface area (Å²) in [7, 11) is -3.54. The van der Waals surface area contributed by atoms with Crippen LogP contribution in [0, 0.1) is 0 Å². The molecule has 122 valence electrons. The Morgan fingerprint density at radius 2 is 1.91 bits per heavy atom. The van der Waals surface area contributed by atoms with Crippen molar-refractivity contribution in [3.8, 4) is 0 Å². The number of fused-ring (bicyclic) bond motifs is 2. The van der Waals surface area contributed by atoms with Crippen molar-refractivity contribution in [3.63, 3.8) is 0 Å². The Balaban J connectivity index is 2.28. The first-order chi connectivity index (χ1) is 10.7. The normalized spacial score (nSPS) is 14.9. The molecule has 0 radical (unpaired) electrons. The van der Waals surface area contributed by atoms with Crippen LogP contribution in [0.15, 0.2) is 18.2 Å². The summed E-state index contributed by atoms with van der Waals surface area (Å²) in [5.74, 6) is 0. The van der Waals surface area contributed by atoms with E-state index in [0.717, 1.165) is 22.5 Å². The predicted molar refractivity (Wildman–Crippen MR) is 89.6 cm³/mol. The van der Waals surface area contributed by atoms with Gasteiger partial charge in [0.15, 0.2) is 0 Å². The maximum absolute atomic E-state index is 12.0. The number of carbonyl (C=O) groups is 2. The summed E-state index contributed by atoms with van der Waals surface area (Å²) in [4.78, 5) is 24.1. The van der Waals surface area contributed by atoms with E-state index in [0.29, 0.717) is 15.0 Å². The zero-order valence-corrected chi connectivity index (χ0v) is 14.2. The highest BCUT2D eigenvalue weighted by atomic mass is 35.5. The molecule has 0 fully saturated rings. The Morgan fingerprint density at radius 1 is 1.22 bits per heavy atom. The lowest BCUT2D eigenvalue weighted by molar-refractivity contribution is 0.108. The number of thiophene rings is 1. The summed E-state index contributed by atoms with van der Waals surface area (Å²) in [5, 5.41) is 9.35. The number of benzene rings is 1. The van der Waals surface area contributed by atoms with E-state index in [9.17, 15) is 23.1 Å². The van der Waals surface area contributed by atoms with Gasteiger partial charge >= 0.3 is 6.09 Å². The van der Waals surface area contributed by atoms with Crippen molar-refractivity contribution in [2.75, 3.05) is 28.6 Å². The molecule has 3 rings (SSSR count). The van der Waals surface area contributed by atoms with Gasteiger partial charge in [0, 0.05) is 11.2 Å². The second-order valence-corrected chi connectivity index (χ2v) is 8.37. The molecule has 1 N–H and O–H groups in total. The highest BCUT2D eigenvalue weighted by Crippen LogP contribution is 2.40. The first-order valence-electron chi connectivity index (χ1n) is 6.44. The van der Waals surface area contributed by atoms with Gasteiger partial charge in [-0.1, -0.05) is 0 Å². The van der Waals surface area contributed by atoms with Crippen LogP contribution in [0.5, 0.6) is 0 Å². The van der Waals surface area contributed by atoms with Gasteiger partial charge in [0.25, 0.3) is 5.24 Å². The zero-order valence-electron chi connectivity index (χ0n) is 11.8. The number of amides is 1. The number of carboxylic acid groups (broad SMARTS) is 1. The number of anilines is 2. The van der Waals surface area contributed by atoms with Crippen molar-refractivity contribution in [3.05, 3.63) is 23.1 Å². The molecule has 0 saturated heterocycles. The van der Waals surface area contributed by atoms with Crippen LogP contribution in [-0.4, -0.2) is 44.2 Å². The van der Waals surface area contributed by atoms with E-state index in [4.69, 9.17) is 11.6 Å². The molecule has 1 amide bonds. The third kappa shape index (κ3) is 2.75. The Kier molecular flexibility index (Phi) is 3.74. The number of nitrogens with zero attached hydrogens (tertiary/aromatic N) is 2. The second kappa shape index (κ2) is 5.36. The third-order valence-electron chi connectivity index (χ3n) is 3.52. The van der Waals surface area contributed by atoms with Crippen LogP contribution in [-0.2, 0) is 10.0 Å². The number of sulfonamides is 1. The first kappa shape index (κ1) is 16.0. The lowest BCUT2D eigenvalue weighted by Crippen LogP contribution is -2.45. The molecule has 0 atom stereocenters. The fourth-order valence-electron chi connectivity index (χ4n) is 2.55. The predicted octanol–water partition coefficient (Wildman–Crippen LogP) is 2.54. The number of hydrogen-bond donors (Lipinski definition) is 1. The molecule has 1 aliphatic rings. The molecule has 1 aliphatic heterocycles. The van der Waals surface area contributed by atoms with E-state index in [2.05, 4.69) is 0 Å². The molecule has 2 aromatic rings. The van der Waals surface area contributed by atoms with Gasteiger partial charge in [0.1, 0.15) is 0 Å². The van der Waals surface area contributed by atoms with Crippen LogP contribution in [0.2, 0.25) is 0 Å². The standard InChI is InChI=1S/C13H11ClN2O5S2/c1-23(20,21)16-3-2-15(13(18)19)8-6-10-7(4-9(8)16)5-11(22-10)12(14)17/h4-6H,2-3H2,1H3,(H,18,19). The fraction of sp³-hybridized carbons (Fsp3) is 0.231. The molecule has 1 aromatic carbocycles. The molecule has 10 heteroatoms. The molecule has 23 heavy (non-hydrogen) atoms. The average molecular weight is 375 g/mol. The van der Waals surface area contributed by atoms with Gasteiger partial charge in [-0.15, -0.1) is 11.3 Å². The van der Waals surface area contributed by atoms with Crippen LogP contribution in [0.3, 0.4) is 0 Å².